The summed E-state index contributed by atoms with van der Waals surface area (Å²) in [6.45, 7) is 4.22. The molecule has 11 heavy (non-hydrogen) atoms. The van der Waals surface area contributed by atoms with Gasteiger partial charge in [0, 0.05) is 0 Å². The first kappa shape index (κ1) is 11.1. The molecule has 0 fully saturated rings. The van der Waals surface area contributed by atoms with E-state index in [2.05, 4.69) is 13.8 Å². The van der Waals surface area contributed by atoms with Gasteiger partial charge in [-0.3, -0.25) is 0 Å². The first-order chi connectivity index (χ1) is 5.31. The summed E-state index contributed by atoms with van der Waals surface area (Å²) in [5, 5.41) is 1.10. The van der Waals surface area contributed by atoms with Gasteiger partial charge in [-0.25, -0.2) is 0 Å². The molecule has 0 rings (SSSR count). The molecule has 0 atom stereocenters. The molecule has 0 bridgehead atoms. The van der Waals surface area contributed by atoms with Gasteiger partial charge in [0.1, 0.15) is 0 Å². The Kier molecular flexibility index (Phi) is 8.26. The molecule has 0 saturated carbocycles. The molecule has 0 saturated heterocycles. The topological polar surface area (TPSA) is 26.3 Å². The van der Waals surface area contributed by atoms with Crippen molar-refractivity contribution >= 4 is 5.97 Å². The SMILES string of the molecule is CCCCCC(=O)[O][Zn][CH2]C. The van der Waals surface area contributed by atoms with Crippen molar-refractivity contribution in [2.75, 3.05) is 0 Å². The molecule has 0 radical (unpaired) electrons. The summed E-state index contributed by atoms with van der Waals surface area (Å²) in [6.07, 6.45) is 3.96. The van der Waals surface area contributed by atoms with Crippen LogP contribution >= 0.6 is 0 Å². The third kappa shape index (κ3) is 8.00. The predicted molar refractivity (Wildman–Crippen MR) is 40.7 cm³/mol. The maximum absolute atomic E-state index is 10.9. The van der Waals surface area contributed by atoms with Crippen LogP contribution in [0.4, 0.5) is 0 Å². The third-order valence-corrected chi connectivity index (χ3v) is 3.41. The van der Waals surface area contributed by atoms with Crippen molar-refractivity contribution in [3.63, 3.8) is 0 Å². The van der Waals surface area contributed by atoms with E-state index in [1.54, 1.807) is 0 Å². The monoisotopic (exact) mass is 208 g/mol. The Morgan fingerprint density at radius 1 is 1.36 bits per heavy atom. The zero-order valence-corrected chi connectivity index (χ0v) is 10.5. The van der Waals surface area contributed by atoms with Crippen LogP contribution in [0.1, 0.15) is 39.5 Å². The second-order valence-electron chi connectivity index (χ2n) is 2.68. The fraction of sp³-hybridized carbons (Fsp3) is 0.875. The van der Waals surface area contributed by atoms with E-state index in [1.165, 1.54) is 6.42 Å². The molecule has 3 heteroatoms. The van der Waals surface area contributed by atoms with Gasteiger partial charge in [-0.1, -0.05) is 0 Å². The van der Waals surface area contributed by atoms with Crippen LogP contribution in [-0.2, 0) is 25.8 Å². The van der Waals surface area contributed by atoms with Crippen LogP contribution in [-0.4, -0.2) is 5.97 Å². The van der Waals surface area contributed by atoms with E-state index in [0.29, 0.717) is 6.42 Å². The van der Waals surface area contributed by atoms with E-state index in [9.17, 15) is 4.79 Å². The summed E-state index contributed by atoms with van der Waals surface area (Å²) in [7, 11) is 0. The van der Waals surface area contributed by atoms with Gasteiger partial charge in [0.15, 0.2) is 0 Å². The van der Waals surface area contributed by atoms with E-state index in [0.717, 1.165) is 17.9 Å². The van der Waals surface area contributed by atoms with Gasteiger partial charge in [-0.05, 0) is 0 Å². The van der Waals surface area contributed by atoms with Gasteiger partial charge in [0.25, 0.3) is 0 Å². The number of carbonyl (C=O) groups excluding carboxylic acids is 1. The van der Waals surface area contributed by atoms with Crippen molar-refractivity contribution in [1.29, 1.82) is 0 Å². The van der Waals surface area contributed by atoms with E-state index in [-0.39, 0.29) is 5.97 Å². The Morgan fingerprint density at radius 3 is 2.64 bits per heavy atom. The third-order valence-electron chi connectivity index (χ3n) is 1.45. The average Bonchev–Trinajstić information content (AvgIpc) is 2.01. The average molecular weight is 210 g/mol. The molecule has 0 heterocycles. The maximum atomic E-state index is 10.9. The molecular weight excluding hydrogens is 193 g/mol. The molecule has 0 aromatic heterocycles. The fourth-order valence-corrected chi connectivity index (χ4v) is 2.02. The number of rotatable bonds is 6. The second-order valence-corrected chi connectivity index (χ2v) is 6.24. The normalized spacial score (nSPS) is 8.91. The molecule has 0 amide bonds. The van der Waals surface area contributed by atoms with Crippen molar-refractivity contribution in [2.45, 2.75) is 44.5 Å². The van der Waals surface area contributed by atoms with Gasteiger partial charge in [0.05, 0.1) is 0 Å². The quantitative estimate of drug-likeness (QED) is 0.496. The summed E-state index contributed by atoms with van der Waals surface area (Å²) in [5.41, 5.74) is 0. The number of unbranched alkanes of at least 4 members (excludes halogenated alkanes) is 2. The molecule has 0 spiro atoms. The summed E-state index contributed by atoms with van der Waals surface area (Å²) in [5.74, 6) is 0.0419. The predicted octanol–water partition coefficient (Wildman–Crippen LogP) is 2.55. The molecule has 0 unspecified atom stereocenters. The van der Waals surface area contributed by atoms with Crippen LogP contribution in [0.2, 0.25) is 5.02 Å². The molecular formula is C8H16O2Zn. The van der Waals surface area contributed by atoms with Crippen molar-refractivity contribution in [1.82, 2.24) is 0 Å². The van der Waals surface area contributed by atoms with E-state index < -0.39 is 17.5 Å². The molecule has 62 valence electrons. The zero-order valence-electron chi connectivity index (χ0n) is 7.56. The molecule has 0 aliphatic carbocycles. The summed E-state index contributed by atoms with van der Waals surface area (Å²) in [6, 6.07) is 0. The van der Waals surface area contributed by atoms with Crippen LogP contribution in [0, 0.1) is 0 Å². The minimum atomic E-state index is -0.889. The molecule has 0 aliphatic rings. The Bertz CT molecular complexity index is 104. The summed E-state index contributed by atoms with van der Waals surface area (Å²) in [4.78, 5) is 10.9. The van der Waals surface area contributed by atoms with Crippen molar-refractivity contribution in [3.05, 3.63) is 0 Å². The molecule has 0 aromatic carbocycles. The van der Waals surface area contributed by atoms with E-state index in [1.807, 2.05) is 0 Å². The number of carbonyl (C=O) groups is 1. The van der Waals surface area contributed by atoms with Crippen LogP contribution in [0.3, 0.4) is 0 Å². The molecule has 0 N–H and O–H groups in total. The first-order valence-corrected chi connectivity index (χ1v) is 7.77. The van der Waals surface area contributed by atoms with Crippen LogP contribution in [0.25, 0.3) is 0 Å². The molecule has 0 aliphatic heterocycles. The zero-order chi connectivity index (χ0) is 8.53. The van der Waals surface area contributed by atoms with Gasteiger partial charge < -0.3 is 0 Å². The van der Waals surface area contributed by atoms with Crippen LogP contribution in [0.5, 0.6) is 0 Å². The van der Waals surface area contributed by atoms with Crippen LogP contribution in [0.15, 0.2) is 0 Å². The summed E-state index contributed by atoms with van der Waals surface area (Å²) >= 11 is -0.889. The van der Waals surface area contributed by atoms with Gasteiger partial charge >= 0.3 is 76.4 Å². The van der Waals surface area contributed by atoms with E-state index >= 15 is 0 Å². The number of hydrogen-bond donors (Lipinski definition) is 0. The second kappa shape index (κ2) is 8.19. The minimum absolute atomic E-state index is 0.0419. The Labute approximate surface area is 76.7 Å². The first-order valence-electron chi connectivity index (χ1n) is 4.46. The van der Waals surface area contributed by atoms with Gasteiger partial charge in [-0.2, -0.15) is 0 Å². The van der Waals surface area contributed by atoms with Crippen molar-refractivity contribution in [3.8, 4) is 0 Å². The molecule has 2 nitrogen and oxygen atoms in total. The standard InChI is InChI=1S/C6H12O2.C2H5.Zn/c1-2-3-4-5-6(7)8;1-2;/h2-5H2,1H3,(H,7,8);1H2,2H3;/q;;+1/p-1. The van der Waals surface area contributed by atoms with Gasteiger partial charge in [0.2, 0.25) is 0 Å². The van der Waals surface area contributed by atoms with E-state index in [4.69, 9.17) is 3.56 Å². The van der Waals surface area contributed by atoms with Crippen molar-refractivity contribution in [2.24, 2.45) is 0 Å². The Hall–Kier alpha value is 0.0934. The Balaban J connectivity index is 3.09. The summed E-state index contributed by atoms with van der Waals surface area (Å²) < 4.78 is 5.09. The van der Waals surface area contributed by atoms with Crippen molar-refractivity contribution < 1.29 is 25.8 Å². The van der Waals surface area contributed by atoms with Gasteiger partial charge in [-0.15, -0.1) is 0 Å². The number of hydrogen-bond acceptors (Lipinski definition) is 2. The fourth-order valence-electron chi connectivity index (χ4n) is 0.807. The molecule has 0 aromatic rings. The van der Waals surface area contributed by atoms with Crippen LogP contribution < -0.4 is 0 Å². The Morgan fingerprint density at radius 2 is 2.09 bits per heavy atom.